The molecule has 0 unspecified atom stereocenters. The van der Waals surface area contributed by atoms with Gasteiger partial charge in [-0.3, -0.25) is 9.97 Å². The van der Waals surface area contributed by atoms with Crippen molar-refractivity contribution >= 4 is 6.03 Å². The number of aliphatic hydroxyl groups is 1. The summed E-state index contributed by atoms with van der Waals surface area (Å²) in [6.07, 6.45) is 2.39. The fourth-order valence-electron chi connectivity index (χ4n) is 2.19. The number of aromatic nitrogens is 2. The lowest BCUT2D eigenvalue weighted by molar-refractivity contribution is 0.123. The summed E-state index contributed by atoms with van der Waals surface area (Å²) < 4.78 is 0. The Morgan fingerprint density at radius 1 is 1.33 bits per heavy atom. The topological polar surface area (TPSA) is 98.6 Å². The number of rotatable bonds is 6. The third-order valence-corrected chi connectivity index (χ3v) is 3.57. The van der Waals surface area contributed by atoms with Gasteiger partial charge in [-0.15, -0.1) is 0 Å². The van der Waals surface area contributed by atoms with Crippen LogP contribution in [-0.4, -0.2) is 44.2 Å². The number of benzene rings is 1. The Kier molecular flexibility index (Phi) is 6.08. The number of likely N-dealkylation sites (N-methyl/N-ethyl adjacent to an activating group) is 1. The number of carbonyl (C=O) groups excluding carboxylic acids is 1. The van der Waals surface area contributed by atoms with E-state index in [1.165, 1.54) is 17.0 Å². The summed E-state index contributed by atoms with van der Waals surface area (Å²) in [6, 6.07) is 6.08. The molecular weight excluding hydrogens is 308 g/mol. The average molecular weight is 330 g/mol. The van der Waals surface area contributed by atoms with Gasteiger partial charge in [0, 0.05) is 12.7 Å². The molecule has 2 aromatic rings. The number of aliphatic hydroxyl groups excluding tert-OH is 1. The molecule has 0 aliphatic carbocycles. The van der Waals surface area contributed by atoms with E-state index in [2.05, 4.69) is 15.3 Å². The fraction of sp³-hybridized carbons (Fsp3) is 0.353. The van der Waals surface area contributed by atoms with Crippen molar-refractivity contribution in [1.29, 1.82) is 0 Å². The first kappa shape index (κ1) is 17.7. The number of amides is 2. The zero-order valence-electron chi connectivity index (χ0n) is 13.8. The van der Waals surface area contributed by atoms with Gasteiger partial charge in [0.05, 0.1) is 36.8 Å². The molecule has 128 valence electrons. The first-order chi connectivity index (χ1) is 11.5. The third kappa shape index (κ3) is 4.92. The lowest BCUT2D eigenvalue weighted by Gasteiger charge is -2.24. The van der Waals surface area contributed by atoms with E-state index < -0.39 is 6.10 Å². The number of urea groups is 1. The summed E-state index contributed by atoms with van der Waals surface area (Å²) in [5, 5.41) is 22.5. The van der Waals surface area contributed by atoms with Gasteiger partial charge >= 0.3 is 6.03 Å². The first-order valence-electron chi connectivity index (χ1n) is 7.77. The Hall–Kier alpha value is -2.67. The molecular formula is C17H22N4O3. The van der Waals surface area contributed by atoms with Gasteiger partial charge in [-0.1, -0.05) is 12.1 Å². The quantitative estimate of drug-likeness (QED) is 0.749. The SMILES string of the molecule is CCN(C[C@H](O)c1cccc(O)c1)C(=O)NCc1cnc(C)cn1. The number of hydrogen-bond donors (Lipinski definition) is 3. The molecule has 24 heavy (non-hydrogen) atoms. The van der Waals surface area contributed by atoms with Gasteiger partial charge in [0.15, 0.2) is 0 Å². The number of nitrogens with zero attached hydrogens (tertiary/aromatic N) is 3. The second-order valence-electron chi connectivity index (χ2n) is 5.46. The largest absolute Gasteiger partial charge is 0.508 e. The first-order valence-corrected chi connectivity index (χ1v) is 7.77. The number of carbonyl (C=O) groups is 1. The summed E-state index contributed by atoms with van der Waals surface area (Å²) in [7, 11) is 0. The molecule has 0 spiro atoms. The number of hydrogen-bond acceptors (Lipinski definition) is 5. The molecule has 3 N–H and O–H groups in total. The van der Waals surface area contributed by atoms with Crippen molar-refractivity contribution in [1.82, 2.24) is 20.2 Å². The Balaban J connectivity index is 1.92. The van der Waals surface area contributed by atoms with Crippen molar-refractivity contribution in [2.24, 2.45) is 0 Å². The highest BCUT2D eigenvalue weighted by molar-refractivity contribution is 5.74. The molecule has 1 aromatic carbocycles. The molecule has 0 bridgehead atoms. The van der Waals surface area contributed by atoms with Crippen LogP contribution in [0.3, 0.4) is 0 Å². The minimum absolute atomic E-state index is 0.0806. The van der Waals surface area contributed by atoms with E-state index in [0.29, 0.717) is 17.8 Å². The van der Waals surface area contributed by atoms with E-state index in [-0.39, 0.29) is 24.9 Å². The fourth-order valence-corrected chi connectivity index (χ4v) is 2.19. The van der Waals surface area contributed by atoms with Gasteiger partial charge in [-0.2, -0.15) is 0 Å². The van der Waals surface area contributed by atoms with Gasteiger partial charge < -0.3 is 20.4 Å². The van der Waals surface area contributed by atoms with E-state index in [1.54, 1.807) is 24.5 Å². The highest BCUT2D eigenvalue weighted by Gasteiger charge is 2.17. The molecule has 0 radical (unpaired) electrons. The summed E-state index contributed by atoms with van der Waals surface area (Å²) in [5.74, 6) is 0.0806. The van der Waals surface area contributed by atoms with Crippen molar-refractivity contribution in [3.63, 3.8) is 0 Å². The van der Waals surface area contributed by atoms with Crippen LogP contribution in [0.2, 0.25) is 0 Å². The van der Waals surface area contributed by atoms with Crippen LogP contribution in [0, 0.1) is 6.92 Å². The van der Waals surface area contributed by atoms with Crippen molar-refractivity contribution < 1.29 is 15.0 Å². The predicted octanol–water partition coefficient (Wildman–Crippen LogP) is 1.76. The molecule has 2 amide bonds. The zero-order valence-corrected chi connectivity index (χ0v) is 13.8. The van der Waals surface area contributed by atoms with E-state index in [4.69, 9.17) is 0 Å². The standard InChI is InChI=1S/C17H22N4O3/c1-3-21(11-16(23)13-5-4-6-15(22)7-13)17(24)20-10-14-9-18-12(2)8-19-14/h4-9,16,22-23H,3,10-11H2,1-2H3,(H,20,24)/t16-/m0/s1. The summed E-state index contributed by atoms with van der Waals surface area (Å²) in [4.78, 5) is 22.1. The summed E-state index contributed by atoms with van der Waals surface area (Å²) in [6.45, 7) is 4.52. The van der Waals surface area contributed by atoms with Crippen molar-refractivity contribution in [2.75, 3.05) is 13.1 Å². The monoisotopic (exact) mass is 330 g/mol. The van der Waals surface area contributed by atoms with E-state index in [1.807, 2.05) is 13.8 Å². The maximum atomic E-state index is 12.3. The van der Waals surface area contributed by atoms with Crippen molar-refractivity contribution in [3.8, 4) is 5.75 Å². The summed E-state index contributed by atoms with van der Waals surface area (Å²) >= 11 is 0. The highest BCUT2D eigenvalue weighted by Crippen LogP contribution is 2.19. The normalized spacial score (nSPS) is 11.8. The Morgan fingerprint density at radius 3 is 2.75 bits per heavy atom. The maximum absolute atomic E-state index is 12.3. The number of nitrogens with one attached hydrogen (secondary N) is 1. The predicted molar refractivity (Wildman–Crippen MR) is 89.3 cm³/mol. The maximum Gasteiger partial charge on any atom is 0.317 e. The number of phenolic OH excluding ortho intramolecular Hbond substituents is 1. The second kappa shape index (κ2) is 8.26. The van der Waals surface area contributed by atoms with Crippen LogP contribution >= 0.6 is 0 Å². The molecule has 2 rings (SSSR count). The Morgan fingerprint density at radius 2 is 2.12 bits per heavy atom. The van der Waals surface area contributed by atoms with Crippen LogP contribution in [0.15, 0.2) is 36.7 Å². The molecule has 0 aliphatic heterocycles. The zero-order chi connectivity index (χ0) is 17.5. The van der Waals surface area contributed by atoms with E-state index in [0.717, 1.165) is 5.69 Å². The van der Waals surface area contributed by atoms with Crippen molar-refractivity contribution in [2.45, 2.75) is 26.5 Å². The van der Waals surface area contributed by atoms with Gasteiger partial charge in [-0.05, 0) is 31.5 Å². The van der Waals surface area contributed by atoms with E-state index >= 15 is 0 Å². The van der Waals surface area contributed by atoms with Crippen molar-refractivity contribution in [3.05, 3.63) is 53.6 Å². The highest BCUT2D eigenvalue weighted by atomic mass is 16.3. The molecule has 0 saturated heterocycles. The molecule has 7 nitrogen and oxygen atoms in total. The molecule has 1 aromatic heterocycles. The van der Waals surface area contributed by atoms with Crippen LogP contribution in [0.25, 0.3) is 0 Å². The minimum Gasteiger partial charge on any atom is -0.508 e. The lowest BCUT2D eigenvalue weighted by atomic mass is 10.1. The van der Waals surface area contributed by atoms with Crippen LogP contribution in [0.5, 0.6) is 5.75 Å². The van der Waals surface area contributed by atoms with Crippen LogP contribution in [0.4, 0.5) is 4.79 Å². The molecule has 0 fully saturated rings. The Labute approximate surface area is 141 Å². The van der Waals surface area contributed by atoms with Gasteiger partial charge in [0.1, 0.15) is 5.75 Å². The summed E-state index contributed by atoms with van der Waals surface area (Å²) in [5.41, 5.74) is 2.04. The van der Waals surface area contributed by atoms with Gasteiger partial charge in [0.25, 0.3) is 0 Å². The molecule has 0 saturated carbocycles. The van der Waals surface area contributed by atoms with Crippen LogP contribution in [0.1, 0.15) is 30.0 Å². The molecule has 0 aliphatic rings. The second-order valence-corrected chi connectivity index (χ2v) is 5.46. The minimum atomic E-state index is -0.873. The van der Waals surface area contributed by atoms with Gasteiger partial charge in [-0.25, -0.2) is 4.79 Å². The molecule has 1 atom stereocenters. The van der Waals surface area contributed by atoms with Crippen LogP contribution < -0.4 is 5.32 Å². The molecule has 7 heteroatoms. The average Bonchev–Trinajstić information content (AvgIpc) is 2.58. The number of aryl methyl sites for hydroxylation is 1. The van der Waals surface area contributed by atoms with E-state index in [9.17, 15) is 15.0 Å². The smallest absolute Gasteiger partial charge is 0.317 e. The lowest BCUT2D eigenvalue weighted by Crippen LogP contribution is -2.41. The number of phenols is 1. The molecule has 1 heterocycles. The van der Waals surface area contributed by atoms with Crippen LogP contribution in [-0.2, 0) is 6.54 Å². The Bertz CT molecular complexity index is 676. The van der Waals surface area contributed by atoms with Gasteiger partial charge in [0.2, 0.25) is 0 Å². The third-order valence-electron chi connectivity index (χ3n) is 3.57. The number of aromatic hydroxyl groups is 1.